The highest BCUT2D eigenvalue weighted by molar-refractivity contribution is 6.02. The van der Waals surface area contributed by atoms with E-state index in [0.29, 0.717) is 0 Å². The quantitative estimate of drug-likeness (QED) is 0.653. The average molecular weight is 234 g/mol. The van der Waals surface area contributed by atoms with Crippen molar-refractivity contribution < 1.29 is 0 Å². The zero-order valence-electron chi connectivity index (χ0n) is 11.0. The maximum atomic E-state index is 4.15. The largest absolute Gasteiger partial charge is 0.0906 e. The van der Waals surface area contributed by atoms with Crippen LogP contribution in [0.15, 0.2) is 61.7 Å². The van der Waals surface area contributed by atoms with E-state index in [2.05, 4.69) is 75.5 Å². The number of benzene rings is 2. The van der Waals surface area contributed by atoms with E-state index in [1.54, 1.807) is 0 Å². The minimum Gasteiger partial charge on any atom is -0.0906 e. The van der Waals surface area contributed by atoms with E-state index in [1.165, 1.54) is 11.1 Å². The number of hydrogen-bond acceptors (Lipinski definition) is 0. The van der Waals surface area contributed by atoms with Gasteiger partial charge in [0.15, 0.2) is 0 Å². The third-order valence-electron chi connectivity index (χ3n) is 3.16. The SMILES string of the molecule is C=C(C(=C)c1ccc(C)cc1)c1ccc(C)cc1. The van der Waals surface area contributed by atoms with Crippen LogP contribution in [0.3, 0.4) is 0 Å². The first-order valence-electron chi connectivity index (χ1n) is 6.10. The van der Waals surface area contributed by atoms with E-state index in [4.69, 9.17) is 0 Å². The van der Waals surface area contributed by atoms with Gasteiger partial charge in [0.2, 0.25) is 0 Å². The fraction of sp³-hybridized carbons (Fsp3) is 0.111. The Hall–Kier alpha value is -2.08. The molecule has 0 saturated carbocycles. The molecule has 0 saturated heterocycles. The maximum absolute atomic E-state index is 4.15. The molecular formula is C18H18. The van der Waals surface area contributed by atoms with Gasteiger partial charge in [-0.1, -0.05) is 72.8 Å². The van der Waals surface area contributed by atoms with Gasteiger partial charge in [-0.2, -0.15) is 0 Å². The molecule has 90 valence electrons. The summed E-state index contributed by atoms with van der Waals surface area (Å²) < 4.78 is 0. The van der Waals surface area contributed by atoms with Crippen LogP contribution >= 0.6 is 0 Å². The number of allylic oxidation sites excluding steroid dienone is 2. The van der Waals surface area contributed by atoms with Crippen molar-refractivity contribution in [1.29, 1.82) is 0 Å². The first-order valence-corrected chi connectivity index (χ1v) is 6.10. The highest BCUT2D eigenvalue weighted by Gasteiger charge is 2.05. The first-order chi connectivity index (χ1) is 8.58. The summed E-state index contributed by atoms with van der Waals surface area (Å²) in [4.78, 5) is 0. The van der Waals surface area contributed by atoms with Crippen molar-refractivity contribution in [2.24, 2.45) is 0 Å². The normalized spacial score (nSPS) is 10.1. The van der Waals surface area contributed by atoms with Crippen molar-refractivity contribution in [2.75, 3.05) is 0 Å². The molecule has 0 aliphatic carbocycles. The fourth-order valence-electron chi connectivity index (χ4n) is 1.86. The molecule has 2 rings (SSSR count). The van der Waals surface area contributed by atoms with Crippen molar-refractivity contribution in [3.8, 4) is 0 Å². The van der Waals surface area contributed by atoms with Gasteiger partial charge in [-0.05, 0) is 36.1 Å². The molecule has 0 N–H and O–H groups in total. The van der Waals surface area contributed by atoms with E-state index in [-0.39, 0.29) is 0 Å². The van der Waals surface area contributed by atoms with Crippen LogP contribution in [0.4, 0.5) is 0 Å². The third kappa shape index (κ3) is 2.60. The number of aryl methyl sites for hydroxylation is 2. The van der Waals surface area contributed by atoms with Crippen LogP contribution in [0, 0.1) is 13.8 Å². The second kappa shape index (κ2) is 5.05. The summed E-state index contributed by atoms with van der Waals surface area (Å²) in [6.07, 6.45) is 0. The average Bonchev–Trinajstić information content (AvgIpc) is 2.39. The molecule has 0 aliphatic rings. The van der Waals surface area contributed by atoms with Crippen LogP contribution in [-0.4, -0.2) is 0 Å². The van der Waals surface area contributed by atoms with Gasteiger partial charge in [0.25, 0.3) is 0 Å². The molecule has 0 atom stereocenters. The summed E-state index contributed by atoms with van der Waals surface area (Å²) in [6, 6.07) is 16.8. The lowest BCUT2D eigenvalue weighted by molar-refractivity contribution is 1.44. The Kier molecular flexibility index (Phi) is 3.47. The Labute approximate surface area is 109 Å². The lowest BCUT2D eigenvalue weighted by Gasteiger charge is -2.10. The van der Waals surface area contributed by atoms with Gasteiger partial charge in [0.1, 0.15) is 0 Å². The van der Waals surface area contributed by atoms with Gasteiger partial charge in [-0.3, -0.25) is 0 Å². The van der Waals surface area contributed by atoms with Gasteiger partial charge in [-0.25, -0.2) is 0 Å². The van der Waals surface area contributed by atoms with E-state index in [9.17, 15) is 0 Å². The minimum absolute atomic E-state index is 0.985. The molecule has 0 amide bonds. The van der Waals surface area contributed by atoms with E-state index in [1.807, 2.05) is 0 Å². The molecule has 18 heavy (non-hydrogen) atoms. The van der Waals surface area contributed by atoms with Gasteiger partial charge < -0.3 is 0 Å². The zero-order valence-corrected chi connectivity index (χ0v) is 11.0. The van der Waals surface area contributed by atoms with Gasteiger partial charge >= 0.3 is 0 Å². The molecule has 0 spiro atoms. The predicted molar refractivity (Wildman–Crippen MR) is 80.4 cm³/mol. The van der Waals surface area contributed by atoms with Gasteiger partial charge in [0.05, 0.1) is 0 Å². The molecular weight excluding hydrogens is 216 g/mol. The smallest absolute Gasteiger partial charge is 0.0183 e. The molecule has 0 unspecified atom stereocenters. The minimum atomic E-state index is 0.985. The molecule has 0 radical (unpaired) electrons. The Balaban J connectivity index is 2.26. The molecule has 0 aliphatic heterocycles. The summed E-state index contributed by atoms with van der Waals surface area (Å²) in [5.41, 5.74) is 6.75. The van der Waals surface area contributed by atoms with Crippen LogP contribution in [-0.2, 0) is 0 Å². The van der Waals surface area contributed by atoms with Crippen molar-refractivity contribution in [3.63, 3.8) is 0 Å². The van der Waals surface area contributed by atoms with Crippen molar-refractivity contribution in [3.05, 3.63) is 83.9 Å². The van der Waals surface area contributed by atoms with Crippen molar-refractivity contribution in [1.82, 2.24) is 0 Å². The van der Waals surface area contributed by atoms with Crippen LogP contribution < -0.4 is 0 Å². The summed E-state index contributed by atoms with van der Waals surface area (Å²) in [7, 11) is 0. The predicted octanol–water partition coefficient (Wildman–Crippen LogP) is 5.03. The van der Waals surface area contributed by atoms with E-state index >= 15 is 0 Å². The molecule has 0 nitrogen and oxygen atoms in total. The summed E-state index contributed by atoms with van der Waals surface area (Å²) in [6.45, 7) is 12.5. The van der Waals surface area contributed by atoms with Crippen molar-refractivity contribution in [2.45, 2.75) is 13.8 Å². The second-order valence-corrected chi connectivity index (χ2v) is 4.69. The Bertz CT molecular complexity index is 513. The summed E-state index contributed by atoms with van der Waals surface area (Å²) >= 11 is 0. The first kappa shape index (κ1) is 12.4. The van der Waals surface area contributed by atoms with Crippen LogP contribution in [0.5, 0.6) is 0 Å². The summed E-state index contributed by atoms with van der Waals surface area (Å²) in [5.74, 6) is 0. The fourth-order valence-corrected chi connectivity index (χ4v) is 1.86. The lowest BCUT2D eigenvalue weighted by atomic mass is 9.94. The summed E-state index contributed by atoms with van der Waals surface area (Å²) in [5, 5.41) is 0. The van der Waals surface area contributed by atoms with Crippen LogP contribution in [0.2, 0.25) is 0 Å². The van der Waals surface area contributed by atoms with Gasteiger partial charge in [0, 0.05) is 0 Å². The highest BCUT2D eigenvalue weighted by Crippen LogP contribution is 2.28. The molecule has 2 aromatic rings. The molecule has 0 heterocycles. The second-order valence-electron chi connectivity index (χ2n) is 4.69. The van der Waals surface area contributed by atoms with E-state index in [0.717, 1.165) is 22.3 Å². The maximum Gasteiger partial charge on any atom is -0.0183 e. The van der Waals surface area contributed by atoms with Crippen molar-refractivity contribution >= 4 is 11.1 Å². The Morgan fingerprint density at radius 2 is 0.889 bits per heavy atom. The number of rotatable bonds is 3. The molecule has 0 fully saturated rings. The molecule has 0 bridgehead atoms. The molecule has 2 aromatic carbocycles. The molecule has 0 heteroatoms. The van der Waals surface area contributed by atoms with E-state index < -0.39 is 0 Å². The zero-order chi connectivity index (χ0) is 13.1. The number of hydrogen-bond donors (Lipinski definition) is 0. The Morgan fingerprint density at radius 1 is 0.611 bits per heavy atom. The standard InChI is InChI=1S/C18H18/c1-13-5-9-17(10-6-13)15(3)16(4)18-11-7-14(2)8-12-18/h5-12H,3-4H2,1-2H3. The third-order valence-corrected chi connectivity index (χ3v) is 3.16. The monoisotopic (exact) mass is 234 g/mol. The molecule has 0 aromatic heterocycles. The van der Waals surface area contributed by atoms with Gasteiger partial charge in [-0.15, -0.1) is 0 Å². The lowest BCUT2D eigenvalue weighted by Crippen LogP contribution is -1.88. The van der Waals surface area contributed by atoms with Crippen LogP contribution in [0.25, 0.3) is 11.1 Å². The Morgan fingerprint density at radius 3 is 1.17 bits per heavy atom. The highest BCUT2D eigenvalue weighted by atomic mass is 14.1. The topological polar surface area (TPSA) is 0 Å². The van der Waals surface area contributed by atoms with Crippen LogP contribution in [0.1, 0.15) is 22.3 Å².